The van der Waals surface area contributed by atoms with Crippen LogP contribution >= 0.6 is 0 Å². The maximum absolute atomic E-state index is 9.86. The van der Waals surface area contributed by atoms with Gasteiger partial charge in [0.15, 0.2) is 0 Å². The van der Waals surface area contributed by atoms with Crippen LogP contribution in [0.25, 0.3) is 0 Å². The Kier molecular flexibility index (Phi) is 4.69. The van der Waals surface area contributed by atoms with E-state index in [0.717, 1.165) is 0 Å². The number of aliphatic hydroxyl groups excluding tert-OH is 6. The zero-order valence-electron chi connectivity index (χ0n) is 8.82. The summed E-state index contributed by atoms with van der Waals surface area (Å²) in [7, 11) is 0. The van der Waals surface area contributed by atoms with Crippen LogP contribution in [0.4, 0.5) is 0 Å². The van der Waals surface area contributed by atoms with E-state index in [0.29, 0.717) is 0 Å². The molecule has 0 radical (unpaired) electrons. The van der Waals surface area contributed by atoms with Gasteiger partial charge in [0.05, 0.1) is 25.9 Å². The molecule has 0 aromatic heterocycles. The Bertz CT molecular complexity index is 264. The first-order chi connectivity index (χ1) is 7.62. The highest BCUT2D eigenvalue weighted by Crippen LogP contribution is 2.36. The molecule has 0 saturated heterocycles. The van der Waals surface area contributed by atoms with E-state index in [4.69, 9.17) is 20.4 Å². The molecular weight excluding hydrogens is 216 g/mol. The van der Waals surface area contributed by atoms with Crippen LogP contribution < -0.4 is 0 Å². The average molecular weight is 234 g/mol. The van der Waals surface area contributed by atoms with Crippen LogP contribution in [-0.4, -0.2) is 63.2 Å². The van der Waals surface area contributed by atoms with E-state index in [2.05, 4.69) is 0 Å². The Morgan fingerprint density at radius 1 is 0.875 bits per heavy atom. The van der Waals surface area contributed by atoms with Gasteiger partial charge in [0.1, 0.15) is 5.76 Å². The van der Waals surface area contributed by atoms with Crippen molar-refractivity contribution in [3.8, 4) is 0 Å². The third kappa shape index (κ3) is 2.07. The second-order valence-corrected chi connectivity index (χ2v) is 3.98. The van der Waals surface area contributed by atoms with Crippen molar-refractivity contribution in [1.82, 2.24) is 0 Å². The molecule has 94 valence electrons. The SMILES string of the molecule is OCC1=C(O)C(CO)C(CO)C(O)C1CO. The molecule has 0 heterocycles. The van der Waals surface area contributed by atoms with Crippen LogP contribution in [0.2, 0.25) is 0 Å². The summed E-state index contributed by atoms with van der Waals surface area (Å²) in [5.74, 6) is -2.58. The molecule has 1 rings (SSSR count). The van der Waals surface area contributed by atoms with Crippen molar-refractivity contribution >= 4 is 0 Å². The third-order valence-corrected chi connectivity index (χ3v) is 3.27. The Morgan fingerprint density at radius 2 is 1.44 bits per heavy atom. The van der Waals surface area contributed by atoms with Gasteiger partial charge in [0.2, 0.25) is 0 Å². The molecule has 6 N–H and O–H groups in total. The molecule has 0 bridgehead atoms. The predicted octanol–water partition coefficient (Wildman–Crippen LogP) is -2.01. The van der Waals surface area contributed by atoms with Gasteiger partial charge in [-0.05, 0) is 0 Å². The van der Waals surface area contributed by atoms with Crippen LogP contribution in [-0.2, 0) is 0 Å². The second kappa shape index (κ2) is 5.60. The molecule has 0 spiro atoms. The van der Waals surface area contributed by atoms with Crippen LogP contribution in [0, 0.1) is 17.8 Å². The van der Waals surface area contributed by atoms with E-state index in [-0.39, 0.29) is 11.3 Å². The minimum Gasteiger partial charge on any atom is -0.512 e. The summed E-state index contributed by atoms with van der Waals surface area (Å²) < 4.78 is 0. The van der Waals surface area contributed by atoms with Crippen LogP contribution in [0.5, 0.6) is 0 Å². The first-order valence-corrected chi connectivity index (χ1v) is 5.15. The molecule has 1 aliphatic carbocycles. The Morgan fingerprint density at radius 3 is 1.81 bits per heavy atom. The maximum Gasteiger partial charge on any atom is 0.100 e. The molecule has 0 fully saturated rings. The summed E-state index contributed by atoms with van der Waals surface area (Å²) in [4.78, 5) is 0. The second-order valence-electron chi connectivity index (χ2n) is 3.98. The van der Waals surface area contributed by atoms with Crippen LogP contribution in [0.1, 0.15) is 0 Å². The fourth-order valence-corrected chi connectivity index (χ4v) is 2.25. The van der Waals surface area contributed by atoms with Crippen molar-refractivity contribution in [2.75, 3.05) is 26.4 Å². The highest BCUT2D eigenvalue weighted by atomic mass is 16.3. The minimum atomic E-state index is -1.09. The van der Waals surface area contributed by atoms with Crippen molar-refractivity contribution in [2.45, 2.75) is 6.10 Å². The quantitative estimate of drug-likeness (QED) is 0.334. The number of hydrogen-bond donors (Lipinski definition) is 6. The molecule has 16 heavy (non-hydrogen) atoms. The Balaban J connectivity index is 3.12. The maximum atomic E-state index is 9.86. The largest absolute Gasteiger partial charge is 0.512 e. The molecule has 1 aliphatic rings. The molecule has 6 heteroatoms. The van der Waals surface area contributed by atoms with Gasteiger partial charge in [-0.1, -0.05) is 0 Å². The molecule has 0 aromatic rings. The number of hydrogen-bond acceptors (Lipinski definition) is 6. The highest BCUT2D eigenvalue weighted by Gasteiger charge is 2.42. The van der Waals surface area contributed by atoms with Gasteiger partial charge in [-0.15, -0.1) is 0 Å². The fourth-order valence-electron chi connectivity index (χ4n) is 2.25. The fraction of sp³-hybridized carbons (Fsp3) is 0.800. The monoisotopic (exact) mass is 234 g/mol. The normalized spacial score (nSPS) is 35.6. The first kappa shape index (κ1) is 13.4. The van der Waals surface area contributed by atoms with Gasteiger partial charge in [-0.2, -0.15) is 0 Å². The lowest BCUT2D eigenvalue weighted by Gasteiger charge is -2.39. The molecule has 6 nitrogen and oxygen atoms in total. The minimum absolute atomic E-state index is 0.124. The van der Waals surface area contributed by atoms with E-state index in [1.807, 2.05) is 0 Å². The van der Waals surface area contributed by atoms with Crippen LogP contribution in [0.3, 0.4) is 0 Å². The van der Waals surface area contributed by atoms with Crippen molar-refractivity contribution in [3.63, 3.8) is 0 Å². The molecular formula is C10H18O6. The third-order valence-electron chi connectivity index (χ3n) is 3.27. The van der Waals surface area contributed by atoms with Crippen molar-refractivity contribution < 1.29 is 30.6 Å². The van der Waals surface area contributed by atoms with E-state index in [1.165, 1.54) is 0 Å². The first-order valence-electron chi connectivity index (χ1n) is 5.15. The van der Waals surface area contributed by atoms with E-state index >= 15 is 0 Å². The molecule has 0 amide bonds. The topological polar surface area (TPSA) is 121 Å². The summed E-state index contributed by atoms with van der Waals surface area (Å²) in [5.41, 5.74) is 0.124. The summed E-state index contributed by atoms with van der Waals surface area (Å²) >= 11 is 0. The van der Waals surface area contributed by atoms with E-state index in [9.17, 15) is 10.2 Å². The van der Waals surface area contributed by atoms with Gasteiger partial charge in [-0.25, -0.2) is 0 Å². The summed E-state index contributed by atoms with van der Waals surface area (Å²) in [5, 5.41) is 56.0. The molecule has 0 saturated carbocycles. The lowest BCUT2D eigenvalue weighted by atomic mass is 9.72. The van der Waals surface area contributed by atoms with Gasteiger partial charge in [0, 0.05) is 29.9 Å². The van der Waals surface area contributed by atoms with Crippen molar-refractivity contribution in [2.24, 2.45) is 17.8 Å². The lowest BCUT2D eigenvalue weighted by molar-refractivity contribution is -0.0422. The number of aliphatic hydroxyl groups is 6. The van der Waals surface area contributed by atoms with E-state index < -0.39 is 50.3 Å². The summed E-state index contributed by atoms with van der Waals surface area (Å²) in [6.45, 7) is -1.78. The summed E-state index contributed by atoms with van der Waals surface area (Å²) in [6.07, 6.45) is -1.09. The Labute approximate surface area is 93.1 Å². The van der Waals surface area contributed by atoms with Gasteiger partial charge in [0.25, 0.3) is 0 Å². The van der Waals surface area contributed by atoms with Gasteiger partial charge >= 0.3 is 0 Å². The lowest BCUT2D eigenvalue weighted by Crippen LogP contribution is -2.46. The number of rotatable bonds is 4. The Hall–Kier alpha value is -0.660. The zero-order valence-corrected chi connectivity index (χ0v) is 8.82. The van der Waals surface area contributed by atoms with Gasteiger partial charge < -0.3 is 30.6 Å². The molecule has 0 aliphatic heterocycles. The smallest absolute Gasteiger partial charge is 0.100 e. The molecule has 4 atom stereocenters. The van der Waals surface area contributed by atoms with E-state index in [1.54, 1.807) is 0 Å². The molecule has 0 aromatic carbocycles. The highest BCUT2D eigenvalue weighted by molar-refractivity contribution is 5.22. The standard InChI is InChI=1S/C10H18O6/c11-1-5-6(2-12)10(16)8(4-14)7(3-13)9(5)15/h5-7,9,11-16H,1-4H2. The predicted molar refractivity (Wildman–Crippen MR) is 54.5 cm³/mol. The summed E-state index contributed by atoms with van der Waals surface area (Å²) in [6, 6.07) is 0. The zero-order chi connectivity index (χ0) is 12.3. The van der Waals surface area contributed by atoms with Crippen LogP contribution in [0.15, 0.2) is 11.3 Å². The van der Waals surface area contributed by atoms with Crippen molar-refractivity contribution in [1.29, 1.82) is 0 Å². The molecule has 4 unspecified atom stereocenters. The average Bonchev–Trinajstić information content (AvgIpc) is 2.30. The van der Waals surface area contributed by atoms with Gasteiger partial charge in [-0.3, -0.25) is 0 Å². The van der Waals surface area contributed by atoms with Crippen molar-refractivity contribution in [3.05, 3.63) is 11.3 Å².